The Labute approximate surface area is 141 Å². The molecule has 1 heterocycles. The van der Waals surface area contributed by atoms with Crippen molar-refractivity contribution < 1.29 is 4.79 Å². The second kappa shape index (κ2) is 9.75. The Bertz CT molecular complexity index is 389. The van der Waals surface area contributed by atoms with E-state index in [4.69, 9.17) is 0 Å². The molecule has 134 valence electrons. The highest BCUT2D eigenvalue weighted by atomic mass is 16.2. The number of guanidine groups is 1. The van der Waals surface area contributed by atoms with Crippen molar-refractivity contribution in [3.8, 4) is 0 Å². The van der Waals surface area contributed by atoms with Crippen LogP contribution >= 0.6 is 0 Å². The summed E-state index contributed by atoms with van der Waals surface area (Å²) in [4.78, 5) is 18.7. The molecule has 1 unspecified atom stereocenters. The maximum atomic E-state index is 11.8. The summed E-state index contributed by atoms with van der Waals surface area (Å²) in [6.07, 6.45) is 2.64. The number of hydrogen-bond donors (Lipinski definition) is 3. The van der Waals surface area contributed by atoms with Crippen molar-refractivity contribution in [3.63, 3.8) is 0 Å². The number of likely N-dealkylation sites (tertiary alicyclic amines) is 1. The maximum Gasteiger partial charge on any atom is 0.242 e. The van der Waals surface area contributed by atoms with Gasteiger partial charge in [-0.05, 0) is 53.0 Å². The highest BCUT2D eigenvalue weighted by Crippen LogP contribution is 2.14. The van der Waals surface area contributed by atoms with Gasteiger partial charge in [-0.15, -0.1) is 0 Å². The average molecular weight is 326 g/mol. The predicted molar refractivity (Wildman–Crippen MR) is 96.7 cm³/mol. The van der Waals surface area contributed by atoms with E-state index in [0.717, 1.165) is 25.6 Å². The van der Waals surface area contributed by atoms with Gasteiger partial charge in [0.05, 0.1) is 0 Å². The van der Waals surface area contributed by atoms with Gasteiger partial charge in [0.15, 0.2) is 5.96 Å². The molecular formula is C17H35N5O. The first-order chi connectivity index (χ1) is 10.8. The number of hydrogen-bond acceptors (Lipinski definition) is 3. The summed E-state index contributed by atoms with van der Waals surface area (Å²) < 4.78 is 0. The van der Waals surface area contributed by atoms with E-state index in [9.17, 15) is 4.79 Å². The molecule has 6 heteroatoms. The minimum absolute atomic E-state index is 0.0560. The molecule has 1 amide bonds. The predicted octanol–water partition coefficient (Wildman–Crippen LogP) is 1.19. The second-order valence-corrected chi connectivity index (χ2v) is 7.47. The third-order valence-corrected chi connectivity index (χ3v) is 3.70. The van der Waals surface area contributed by atoms with Gasteiger partial charge in [-0.25, -0.2) is 4.99 Å². The van der Waals surface area contributed by atoms with Crippen LogP contribution in [0.1, 0.15) is 47.5 Å². The molecule has 6 nitrogen and oxygen atoms in total. The van der Waals surface area contributed by atoms with Gasteiger partial charge in [-0.3, -0.25) is 4.79 Å². The van der Waals surface area contributed by atoms with Crippen LogP contribution < -0.4 is 16.0 Å². The van der Waals surface area contributed by atoms with Crippen LogP contribution in [-0.4, -0.2) is 61.6 Å². The lowest BCUT2D eigenvalue weighted by Gasteiger charge is -2.30. The quantitative estimate of drug-likeness (QED) is 0.507. The van der Waals surface area contributed by atoms with Gasteiger partial charge in [0, 0.05) is 31.7 Å². The van der Waals surface area contributed by atoms with E-state index in [1.807, 2.05) is 27.7 Å². The Hall–Kier alpha value is -1.30. The van der Waals surface area contributed by atoms with Crippen molar-refractivity contribution in [2.45, 2.75) is 53.0 Å². The number of nitrogens with one attached hydrogen (secondary N) is 3. The number of aliphatic imine (C=N–C) groups is 1. The Balaban J connectivity index is 2.35. The van der Waals surface area contributed by atoms with Crippen molar-refractivity contribution in [1.82, 2.24) is 20.9 Å². The van der Waals surface area contributed by atoms with Gasteiger partial charge in [0.1, 0.15) is 6.54 Å². The van der Waals surface area contributed by atoms with Gasteiger partial charge < -0.3 is 20.9 Å². The molecule has 0 spiro atoms. The Morgan fingerprint density at radius 1 is 1.30 bits per heavy atom. The van der Waals surface area contributed by atoms with Gasteiger partial charge in [-0.1, -0.05) is 6.92 Å². The highest BCUT2D eigenvalue weighted by Gasteiger charge is 2.16. The molecule has 1 aliphatic heterocycles. The van der Waals surface area contributed by atoms with E-state index in [0.29, 0.717) is 5.96 Å². The van der Waals surface area contributed by atoms with E-state index in [-0.39, 0.29) is 18.0 Å². The number of rotatable bonds is 6. The van der Waals surface area contributed by atoms with Crippen LogP contribution in [-0.2, 0) is 4.79 Å². The Morgan fingerprint density at radius 3 is 2.65 bits per heavy atom. The lowest BCUT2D eigenvalue weighted by molar-refractivity contribution is -0.121. The van der Waals surface area contributed by atoms with Crippen molar-refractivity contribution in [1.29, 1.82) is 0 Å². The van der Waals surface area contributed by atoms with Gasteiger partial charge in [-0.2, -0.15) is 0 Å². The van der Waals surface area contributed by atoms with Crippen molar-refractivity contribution >= 4 is 11.9 Å². The van der Waals surface area contributed by atoms with Crippen LogP contribution in [0.25, 0.3) is 0 Å². The number of carbonyl (C=O) groups is 1. The molecule has 0 bridgehead atoms. The third kappa shape index (κ3) is 9.43. The SMILES string of the molecule is CCNC(=NCC(=O)NC(C)(C)C)NCCN1CCCC(C)C1. The smallest absolute Gasteiger partial charge is 0.242 e. The molecule has 1 rings (SSSR count). The van der Waals surface area contributed by atoms with Gasteiger partial charge in [0.25, 0.3) is 0 Å². The molecule has 23 heavy (non-hydrogen) atoms. The minimum Gasteiger partial charge on any atom is -0.357 e. The maximum absolute atomic E-state index is 11.8. The molecule has 1 fully saturated rings. The first kappa shape index (κ1) is 19.7. The minimum atomic E-state index is -0.219. The summed E-state index contributed by atoms with van der Waals surface area (Å²) in [7, 11) is 0. The van der Waals surface area contributed by atoms with Crippen LogP contribution in [0.2, 0.25) is 0 Å². The number of amides is 1. The number of carbonyl (C=O) groups excluding carboxylic acids is 1. The fraction of sp³-hybridized carbons (Fsp3) is 0.882. The molecule has 3 N–H and O–H groups in total. The molecule has 0 aliphatic carbocycles. The second-order valence-electron chi connectivity index (χ2n) is 7.47. The zero-order chi connectivity index (χ0) is 17.3. The molecule has 0 saturated carbocycles. The van der Waals surface area contributed by atoms with Crippen LogP contribution in [0.4, 0.5) is 0 Å². The third-order valence-electron chi connectivity index (χ3n) is 3.70. The summed E-state index contributed by atoms with van der Waals surface area (Å²) in [6, 6.07) is 0. The molecule has 0 aromatic carbocycles. The molecule has 1 aliphatic rings. The van der Waals surface area contributed by atoms with E-state index >= 15 is 0 Å². The summed E-state index contributed by atoms with van der Waals surface area (Å²) in [6.45, 7) is 15.4. The summed E-state index contributed by atoms with van der Waals surface area (Å²) >= 11 is 0. The monoisotopic (exact) mass is 325 g/mol. The van der Waals surface area contributed by atoms with Crippen molar-refractivity contribution in [2.75, 3.05) is 39.3 Å². The van der Waals surface area contributed by atoms with Crippen LogP contribution in [0.5, 0.6) is 0 Å². The van der Waals surface area contributed by atoms with Gasteiger partial charge in [0.2, 0.25) is 5.91 Å². The largest absolute Gasteiger partial charge is 0.357 e. The Morgan fingerprint density at radius 2 is 2.04 bits per heavy atom. The Kier molecular flexibility index (Phi) is 8.37. The summed E-state index contributed by atoms with van der Waals surface area (Å²) in [5, 5.41) is 9.43. The molecule has 0 aromatic heterocycles. The number of nitrogens with zero attached hydrogens (tertiary/aromatic N) is 2. The standard InChI is InChI=1S/C17H35N5O/c1-6-18-16(20-12-15(23)21-17(3,4)5)19-9-11-22-10-7-8-14(2)13-22/h14H,6-13H2,1-5H3,(H,21,23)(H2,18,19,20). The highest BCUT2D eigenvalue weighted by molar-refractivity contribution is 5.85. The van der Waals surface area contributed by atoms with E-state index < -0.39 is 0 Å². The molecule has 1 atom stereocenters. The zero-order valence-electron chi connectivity index (χ0n) is 15.5. The fourth-order valence-electron chi connectivity index (χ4n) is 2.77. The molecule has 0 radical (unpaired) electrons. The van der Waals surface area contributed by atoms with Crippen LogP contribution in [0.3, 0.4) is 0 Å². The average Bonchev–Trinajstić information content (AvgIpc) is 2.43. The number of piperidine rings is 1. The van der Waals surface area contributed by atoms with Crippen LogP contribution in [0, 0.1) is 5.92 Å². The van der Waals surface area contributed by atoms with E-state index in [1.165, 1.54) is 25.9 Å². The van der Waals surface area contributed by atoms with Crippen LogP contribution in [0.15, 0.2) is 4.99 Å². The fourth-order valence-corrected chi connectivity index (χ4v) is 2.77. The summed E-state index contributed by atoms with van der Waals surface area (Å²) in [5.74, 6) is 1.45. The lowest BCUT2D eigenvalue weighted by atomic mass is 10.0. The van der Waals surface area contributed by atoms with Crippen molar-refractivity contribution in [2.24, 2.45) is 10.9 Å². The molecular weight excluding hydrogens is 290 g/mol. The normalized spacial score (nSPS) is 20.2. The zero-order valence-corrected chi connectivity index (χ0v) is 15.5. The lowest BCUT2D eigenvalue weighted by Crippen LogP contribution is -2.45. The topological polar surface area (TPSA) is 68.8 Å². The van der Waals surface area contributed by atoms with E-state index in [1.54, 1.807) is 0 Å². The van der Waals surface area contributed by atoms with E-state index in [2.05, 4.69) is 32.8 Å². The molecule has 1 saturated heterocycles. The first-order valence-corrected chi connectivity index (χ1v) is 8.85. The summed E-state index contributed by atoms with van der Waals surface area (Å²) in [5.41, 5.74) is -0.219. The van der Waals surface area contributed by atoms with Crippen molar-refractivity contribution in [3.05, 3.63) is 0 Å². The first-order valence-electron chi connectivity index (χ1n) is 8.85. The van der Waals surface area contributed by atoms with Gasteiger partial charge >= 0.3 is 0 Å². The molecule has 0 aromatic rings.